The van der Waals surface area contributed by atoms with E-state index in [1.54, 1.807) is 15.1 Å². The van der Waals surface area contributed by atoms with Crippen molar-refractivity contribution in [1.29, 1.82) is 5.41 Å². The first-order chi connectivity index (χ1) is 19.3. The van der Waals surface area contributed by atoms with Crippen molar-refractivity contribution in [3.05, 3.63) is 40.4 Å². The van der Waals surface area contributed by atoms with Crippen molar-refractivity contribution in [2.45, 2.75) is 62.2 Å². The second-order valence-corrected chi connectivity index (χ2v) is 13.5. The molecule has 6 rings (SSSR count). The Morgan fingerprint density at radius 3 is 2.55 bits per heavy atom. The van der Waals surface area contributed by atoms with E-state index in [2.05, 4.69) is 26.6 Å². The second kappa shape index (κ2) is 11.0. The molecular weight excluding hydrogens is 532 g/mol. The summed E-state index contributed by atoms with van der Waals surface area (Å²) in [6, 6.07) is 6.12. The number of sulfonamides is 1. The Bertz CT molecular complexity index is 1420. The SMILES string of the molecule is N=C(N)NCCCN1CCC(n2cc3c(nc2=O)Nc2cc(C4CCN(S(=O)(=O)C5CC5)CC4)ccc2O3)CC1. The summed E-state index contributed by atoms with van der Waals surface area (Å²) in [6.45, 7) is 4.51. The molecule has 1 aromatic heterocycles. The second-order valence-electron chi connectivity index (χ2n) is 11.3. The van der Waals surface area contributed by atoms with E-state index >= 15 is 0 Å². The minimum atomic E-state index is -3.12. The van der Waals surface area contributed by atoms with E-state index in [9.17, 15) is 13.2 Å². The van der Waals surface area contributed by atoms with Gasteiger partial charge < -0.3 is 26.0 Å². The van der Waals surface area contributed by atoms with Crippen LogP contribution in [0.4, 0.5) is 11.5 Å². The van der Waals surface area contributed by atoms with Crippen molar-refractivity contribution in [1.82, 2.24) is 24.1 Å². The maximum atomic E-state index is 13.0. The average Bonchev–Trinajstić information content (AvgIpc) is 3.81. The standard InChI is InChI=1S/C27H38N8O4S/c28-26(29)30-10-1-11-33-12-8-20(9-13-33)35-17-24-25(32-27(35)36)31-22-16-19(2-5-23(22)39-24)18-6-14-34(15-7-18)40(37,38)21-3-4-21/h2,5,16-18,20-21H,1,3-4,6-15H2,(H4,28,29,30)(H,31,32,36). The fourth-order valence-corrected chi connectivity index (χ4v) is 7.95. The molecule has 2 aromatic rings. The molecule has 3 aliphatic heterocycles. The molecule has 0 bridgehead atoms. The van der Waals surface area contributed by atoms with E-state index in [-0.39, 0.29) is 28.9 Å². The summed E-state index contributed by atoms with van der Waals surface area (Å²) in [6.07, 6.45) is 7.57. The molecule has 0 spiro atoms. The summed E-state index contributed by atoms with van der Waals surface area (Å²) in [5.74, 6) is 1.92. The molecular formula is C27H38N8O4S. The molecule has 4 heterocycles. The van der Waals surface area contributed by atoms with Crippen molar-refractivity contribution < 1.29 is 13.2 Å². The molecule has 5 N–H and O–H groups in total. The fraction of sp³-hybridized carbons (Fsp3) is 0.593. The van der Waals surface area contributed by atoms with Gasteiger partial charge in [0.25, 0.3) is 0 Å². The molecule has 216 valence electrons. The Balaban J connectivity index is 1.07. The number of nitrogens with two attached hydrogens (primary N) is 1. The van der Waals surface area contributed by atoms with Gasteiger partial charge in [0.05, 0.1) is 17.1 Å². The third kappa shape index (κ3) is 5.68. The normalized spacial score (nSPS) is 20.7. The Labute approximate surface area is 234 Å². The van der Waals surface area contributed by atoms with Crippen LogP contribution in [-0.2, 0) is 10.0 Å². The van der Waals surface area contributed by atoms with Gasteiger partial charge in [0.2, 0.25) is 10.0 Å². The predicted octanol–water partition coefficient (Wildman–Crippen LogP) is 2.27. The summed E-state index contributed by atoms with van der Waals surface area (Å²) in [7, 11) is -3.12. The highest BCUT2D eigenvalue weighted by molar-refractivity contribution is 7.90. The van der Waals surface area contributed by atoms with Crippen molar-refractivity contribution in [2.75, 3.05) is 44.6 Å². The number of nitrogens with one attached hydrogen (secondary N) is 3. The van der Waals surface area contributed by atoms with Gasteiger partial charge in [-0.3, -0.25) is 9.98 Å². The Morgan fingerprint density at radius 2 is 1.85 bits per heavy atom. The highest BCUT2D eigenvalue weighted by atomic mass is 32.2. The minimum Gasteiger partial charge on any atom is -0.450 e. The van der Waals surface area contributed by atoms with Crippen molar-refractivity contribution in [3.63, 3.8) is 0 Å². The number of anilines is 2. The predicted molar refractivity (Wildman–Crippen MR) is 153 cm³/mol. The van der Waals surface area contributed by atoms with E-state index < -0.39 is 10.0 Å². The summed E-state index contributed by atoms with van der Waals surface area (Å²) in [5.41, 5.74) is 6.96. The Hall–Kier alpha value is -3.16. The fourth-order valence-electron chi connectivity index (χ4n) is 6.08. The molecule has 0 atom stereocenters. The molecule has 13 heteroatoms. The van der Waals surface area contributed by atoms with Crippen molar-refractivity contribution in [3.8, 4) is 11.5 Å². The molecule has 3 fully saturated rings. The van der Waals surface area contributed by atoms with Gasteiger partial charge in [0.15, 0.2) is 23.3 Å². The van der Waals surface area contributed by atoms with E-state index in [4.69, 9.17) is 15.9 Å². The maximum absolute atomic E-state index is 13.0. The minimum absolute atomic E-state index is 0.00281. The lowest BCUT2D eigenvalue weighted by atomic mass is 9.90. The number of benzene rings is 1. The van der Waals surface area contributed by atoms with Gasteiger partial charge in [-0.05, 0) is 75.1 Å². The number of hydrogen-bond acceptors (Lipinski definition) is 8. The molecule has 0 amide bonds. The lowest BCUT2D eigenvalue weighted by Gasteiger charge is -2.33. The summed E-state index contributed by atoms with van der Waals surface area (Å²) in [4.78, 5) is 19.7. The Morgan fingerprint density at radius 1 is 1.10 bits per heavy atom. The summed E-state index contributed by atoms with van der Waals surface area (Å²) < 4.78 is 34.7. The van der Waals surface area contributed by atoms with E-state index in [1.165, 1.54) is 0 Å². The van der Waals surface area contributed by atoms with Crippen LogP contribution < -0.4 is 26.8 Å². The molecule has 40 heavy (non-hydrogen) atoms. The highest BCUT2D eigenvalue weighted by Crippen LogP contribution is 2.43. The number of guanidine groups is 1. The van der Waals surface area contributed by atoms with Crippen molar-refractivity contribution >= 4 is 27.5 Å². The molecule has 4 aliphatic rings. The number of hydrogen-bond donors (Lipinski definition) is 4. The van der Waals surface area contributed by atoms with Crippen LogP contribution in [0.3, 0.4) is 0 Å². The molecule has 0 unspecified atom stereocenters. The van der Waals surface area contributed by atoms with Crippen LogP contribution in [-0.4, -0.2) is 77.7 Å². The van der Waals surface area contributed by atoms with Gasteiger partial charge in [0, 0.05) is 38.8 Å². The third-order valence-electron chi connectivity index (χ3n) is 8.54. The van der Waals surface area contributed by atoms with Gasteiger partial charge in [-0.25, -0.2) is 17.5 Å². The number of rotatable bonds is 8. The van der Waals surface area contributed by atoms with Gasteiger partial charge in [-0.2, -0.15) is 4.98 Å². The summed E-state index contributed by atoms with van der Waals surface area (Å²) >= 11 is 0. The average molecular weight is 571 g/mol. The van der Waals surface area contributed by atoms with Gasteiger partial charge >= 0.3 is 5.69 Å². The number of nitrogens with zero attached hydrogens (tertiary/aromatic N) is 4. The molecule has 1 saturated carbocycles. The van der Waals surface area contributed by atoms with Gasteiger partial charge in [-0.1, -0.05) is 6.07 Å². The first kappa shape index (κ1) is 27.0. The smallest absolute Gasteiger partial charge is 0.350 e. The summed E-state index contributed by atoms with van der Waals surface area (Å²) in [5, 5.41) is 13.2. The number of piperidine rings is 2. The quantitative estimate of drug-likeness (QED) is 0.181. The highest BCUT2D eigenvalue weighted by Gasteiger charge is 2.41. The Kier molecular flexibility index (Phi) is 7.44. The zero-order valence-corrected chi connectivity index (χ0v) is 23.5. The molecule has 0 radical (unpaired) electrons. The van der Waals surface area contributed by atoms with Crippen molar-refractivity contribution in [2.24, 2.45) is 5.73 Å². The van der Waals surface area contributed by atoms with Crippen LogP contribution in [0, 0.1) is 5.41 Å². The van der Waals surface area contributed by atoms with E-state index in [1.807, 2.05) is 12.1 Å². The van der Waals surface area contributed by atoms with Crippen LogP contribution in [0.15, 0.2) is 29.2 Å². The van der Waals surface area contributed by atoms with Gasteiger partial charge in [0.1, 0.15) is 0 Å². The molecule has 12 nitrogen and oxygen atoms in total. The number of likely N-dealkylation sites (tertiary alicyclic amines) is 1. The zero-order chi connectivity index (χ0) is 27.9. The van der Waals surface area contributed by atoms with Crippen LogP contribution >= 0.6 is 0 Å². The molecule has 1 aliphatic carbocycles. The van der Waals surface area contributed by atoms with E-state index in [0.717, 1.165) is 75.8 Å². The first-order valence-corrected chi connectivity index (χ1v) is 15.8. The third-order valence-corrected chi connectivity index (χ3v) is 10.9. The topological polar surface area (TPSA) is 159 Å². The van der Waals surface area contributed by atoms with Crippen LogP contribution in [0.1, 0.15) is 62.5 Å². The number of fused-ring (bicyclic) bond motifs is 2. The lowest BCUT2D eigenvalue weighted by Crippen LogP contribution is -2.39. The number of aromatic nitrogens is 2. The zero-order valence-electron chi connectivity index (χ0n) is 22.6. The molecule has 1 aromatic carbocycles. The van der Waals surface area contributed by atoms with Gasteiger partial charge in [-0.15, -0.1) is 0 Å². The largest absolute Gasteiger partial charge is 0.450 e. The number of ether oxygens (including phenoxy) is 1. The van der Waals surface area contributed by atoms with Crippen LogP contribution in [0.2, 0.25) is 0 Å². The monoisotopic (exact) mass is 570 g/mol. The lowest BCUT2D eigenvalue weighted by molar-refractivity contribution is 0.182. The molecule has 2 saturated heterocycles. The maximum Gasteiger partial charge on any atom is 0.350 e. The van der Waals surface area contributed by atoms with E-state index in [0.29, 0.717) is 37.0 Å². The van der Waals surface area contributed by atoms with Crippen LogP contribution in [0.25, 0.3) is 0 Å². The first-order valence-electron chi connectivity index (χ1n) is 14.3. The van der Waals surface area contributed by atoms with Crippen LogP contribution in [0.5, 0.6) is 11.5 Å².